The highest BCUT2D eigenvalue weighted by molar-refractivity contribution is 5.85. The van der Waals surface area contributed by atoms with E-state index in [4.69, 9.17) is 9.84 Å². The van der Waals surface area contributed by atoms with Crippen molar-refractivity contribution in [1.82, 2.24) is 5.32 Å². The number of nitrogens with one attached hydrogen (secondary N) is 1. The molecule has 2 unspecified atom stereocenters. The van der Waals surface area contributed by atoms with Gasteiger partial charge in [0.2, 0.25) is 5.91 Å². The molecular formula is C11H19NO4. The fourth-order valence-corrected chi connectivity index (χ4v) is 1.84. The lowest BCUT2D eigenvalue weighted by Gasteiger charge is -2.15. The predicted molar refractivity (Wildman–Crippen MR) is 58.0 cm³/mol. The highest BCUT2D eigenvalue weighted by Crippen LogP contribution is 2.19. The molecule has 1 aliphatic heterocycles. The summed E-state index contributed by atoms with van der Waals surface area (Å²) in [6.45, 7) is 4.20. The van der Waals surface area contributed by atoms with Gasteiger partial charge in [-0.05, 0) is 19.8 Å². The van der Waals surface area contributed by atoms with E-state index < -0.39 is 12.0 Å². The lowest BCUT2D eigenvalue weighted by molar-refractivity contribution is -0.142. The van der Waals surface area contributed by atoms with Crippen molar-refractivity contribution < 1.29 is 19.4 Å². The Balaban J connectivity index is 2.45. The van der Waals surface area contributed by atoms with E-state index in [0.717, 1.165) is 6.42 Å². The molecule has 3 atom stereocenters. The highest BCUT2D eigenvalue weighted by atomic mass is 16.5. The third kappa shape index (κ3) is 3.48. The van der Waals surface area contributed by atoms with Gasteiger partial charge < -0.3 is 15.2 Å². The van der Waals surface area contributed by atoms with Crippen molar-refractivity contribution in [3.63, 3.8) is 0 Å². The van der Waals surface area contributed by atoms with Crippen LogP contribution in [0.2, 0.25) is 0 Å². The van der Waals surface area contributed by atoms with Crippen LogP contribution < -0.4 is 5.32 Å². The fourth-order valence-electron chi connectivity index (χ4n) is 1.84. The maximum atomic E-state index is 11.7. The molecular weight excluding hydrogens is 210 g/mol. The van der Waals surface area contributed by atoms with Crippen LogP contribution >= 0.6 is 0 Å². The van der Waals surface area contributed by atoms with Crippen LogP contribution in [0.15, 0.2) is 0 Å². The number of carbonyl (C=O) groups is 2. The normalized spacial score (nSPS) is 26.4. The van der Waals surface area contributed by atoms with Crippen LogP contribution in [-0.4, -0.2) is 35.7 Å². The molecule has 0 aliphatic carbocycles. The second kappa shape index (κ2) is 5.84. The molecule has 1 amide bonds. The van der Waals surface area contributed by atoms with Crippen molar-refractivity contribution in [3.05, 3.63) is 0 Å². The molecule has 0 aromatic rings. The van der Waals surface area contributed by atoms with Crippen molar-refractivity contribution >= 4 is 11.9 Å². The molecule has 0 aromatic carbocycles. The van der Waals surface area contributed by atoms with Gasteiger partial charge >= 0.3 is 5.97 Å². The van der Waals surface area contributed by atoms with Gasteiger partial charge in [0, 0.05) is 0 Å². The minimum absolute atomic E-state index is 0.0882. The zero-order chi connectivity index (χ0) is 12.1. The molecule has 5 nitrogen and oxygen atoms in total. The van der Waals surface area contributed by atoms with Crippen LogP contribution in [0.4, 0.5) is 0 Å². The van der Waals surface area contributed by atoms with Gasteiger partial charge in [0.1, 0.15) is 6.04 Å². The summed E-state index contributed by atoms with van der Waals surface area (Å²) in [7, 11) is 0. The zero-order valence-electron chi connectivity index (χ0n) is 9.73. The number of amides is 1. The van der Waals surface area contributed by atoms with Gasteiger partial charge in [-0.15, -0.1) is 0 Å². The molecule has 92 valence electrons. The number of ether oxygens (including phenoxy) is 1. The molecule has 1 rings (SSSR count). The molecule has 0 aromatic heterocycles. The average Bonchev–Trinajstić information content (AvgIpc) is 2.64. The third-order valence-electron chi connectivity index (χ3n) is 2.76. The van der Waals surface area contributed by atoms with E-state index >= 15 is 0 Å². The molecule has 0 spiro atoms. The second-order valence-corrected chi connectivity index (χ2v) is 4.26. The average molecular weight is 229 g/mol. The number of carbonyl (C=O) groups excluding carboxylic acids is 1. The molecule has 1 saturated heterocycles. The Bertz CT molecular complexity index is 267. The van der Waals surface area contributed by atoms with Crippen molar-refractivity contribution in [1.29, 1.82) is 0 Å². The second-order valence-electron chi connectivity index (χ2n) is 4.26. The summed E-state index contributed by atoms with van der Waals surface area (Å²) >= 11 is 0. The number of hydrogen-bond donors (Lipinski definition) is 2. The zero-order valence-corrected chi connectivity index (χ0v) is 9.73. The number of carboxylic acid groups (broad SMARTS) is 1. The van der Waals surface area contributed by atoms with Gasteiger partial charge in [0.25, 0.3) is 0 Å². The largest absolute Gasteiger partial charge is 0.480 e. The maximum absolute atomic E-state index is 11.7. The van der Waals surface area contributed by atoms with Crippen LogP contribution in [0.1, 0.15) is 33.1 Å². The molecule has 5 heteroatoms. The first-order chi connectivity index (χ1) is 7.54. The topological polar surface area (TPSA) is 75.6 Å². The van der Waals surface area contributed by atoms with E-state index in [1.807, 2.05) is 13.8 Å². The summed E-state index contributed by atoms with van der Waals surface area (Å²) in [5.74, 6) is -1.37. The molecule has 16 heavy (non-hydrogen) atoms. The van der Waals surface area contributed by atoms with Crippen LogP contribution in [0, 0.1) is 5.92 Å². The minimum atomic E-state index is -0.970. The highest BCUT2D eigenvalue weighted by Gasteiger charge is 2.30. The molecule has 0 bridgehead atoms. The van der Waals surface area contributed by atoms with Gasteiger partial charge in [-0.1, -0.05) is 13.3 Å². The van der Waals surface area contributed by atoms with Gasteiger partial charge in [-0.25, -0.2) is 4.79 Å². The smallest absolute Gasteiger partial charge is 0.326 e. The lowest BCUT2D eigenvalue weighted by atomic mass is 10.0. The van der Waals surface area contributed by atoms with Crippen molar-refractivity contribution in [2.75, 3.05) is 6.61 Å². The molecule has 2 N–H and O–H groups in total. The summed E-state index contributed by atoms with van der Waals surface area (Å²) in [6.07, 6.45) is 1.95. The predicted octanol–water partition coefficient (Wildman–Crippen LogP) is 0.781. The van der Waals surface area contributed by atoms with Gasteiger partial charge in [-0.3, -0.25) is 4.79 Å². The first kappa shape index (κ1) is 13.0. The first-order valence-electron chi connectivity index (χ1n) is 5.69. The van der Waals surface area contributed by atoms with E-state index in [9.17, 15) is 9.59 Å². The SMILES string of the molecule is CCC[C@H](NC(=O)C1COC(C)C1)C(=O)O. The third-order valence-corrected chi connectivity index (χ3v) is 2.76. The monoisotopic (exact) mass is 229 g/mol. The summed E-state index contributed by atoms with van der Waals surface area (Å²) in [6, 6.07) is -0.770. The lowest BCUT2D eigenvalue weighted by Crippen LogP contribution is -2.43. The van der Waals surface area contributed by atoms with Gasteiger partial charge in [0.05, 0.1) is 18.6 Å². The van der Waals surface area contributed by atoms with Crippen molar-refractivity contribution in [2.24, 2.45) is 5.92 Å². The van der Waals surface area contributed by atoms with Gasteiger partial charge in [0.15, 0.2) is 0 Å². The maximum Gasteiger partial charge on any atom is 0.326 e. The molecule has 0 saturated carbocycles. The van der Waals surface area contributed by atoms with E-state index in [1.54, 1.807) is 0 Å². The Morgan fingerprint density at radius 2 is 2.25 bits per heavy atom. The summed E-state index contributed by atoms with van der Waals surface area (Å²) in [5, 5.41) is 11.5. The van der Waals surface area contributed by atoms with E-state index in [2.05, 4.69) is 5.32 Å². The Kier molecular flexibility index (Phi) is 4.73. The summed E-state index contributed by atoms with van der Waals surface area (Å²) in [5.41, 5.74) is 0. The Labute approximate surface area is 95.2 Å². The first-order valence-corrected chi connectivity index (χ1v) is 5.69. The molecule has 0 radical (unpaired) electrons. The molecule has 1 fully saturated rings. The minimum Gasteiger partial charge on any atom is -0.480 e. The van der Waals surface area contributed by atoms with E-state index in [-0.39, 0.29) is 17.9 Å². The summed E-state index contributed by atoms with van der Waals surface area (Å²) < 4.78 is 5.28. The van der Waals surface area contributed by atoms with Crippen LogP contribution in [0.3, 0.4) is 0 Å². The van der Waals surface area contributed by atoms with E-state index in [1.165, 1.54) is 0 Å². The Morgan fingerprint density at radius 3 is 2.69 bits per heavy atom. The van der Waals surface area contributed by atoms with Crippen LogP contribution in [0.5, 0.6) is 0 Å². The summed E-state index contributed by atoms with van der Waals surface area (Å²) in [4.78, 5) is 22.6. The van der Waals surface area contributed by atoms with Crippen molar-refractivity contribution in [3.8, 4) is 0 Å². The number of aliphatic carboxylic acids is 1. The van der Waals surface area contributed by atoms with Gasteiger partial charge in [-0.2, -0.15) is 0 Å². The number of hydrogen-bond acceptors (Lipinski definition) is 3. The van der Waals surface area contributed by atoms with E-state index in [0.29, 0.717) is 19.4 Å². The van der Waals surface area contributed by atoms with Crippen LogP contribution in [0.25, 0.3) is 0 Å². The quantitative estimate of drug-likeness (QED) is 0.730. The van der Waals surface area contributed by atoms with Crippen LogP contribution in [-0.2, 0) is 14.3 Å². The Morgan fingerprint density at radius 1 is 1.56 bits per heavy atom. The number of rotatable bonds is 5. The van der Waals surface area contributed by atoms with Crippen molar-refractivity contribution in [2.45, 2.75) is 45.3 Å². The molecule has 1 aliphatic rings. The Hall–Kier alpha value is -1.10. The standard InChI is InChI=1S/C11H19NO4/c1-3-4-9(11(14)15)12-10(13)8-5-7(2)16-6-8/h7-9H,3-6H2,1-2H3,(H,12,13)(H,14,15)/t7?,8?,9-/m0/s1. The number of carboxylic acids is 1. The molecule has 1 heterocycles. The fraction of sp³-hybridized carbons (Fsp3) is 0.818.